The van der Waals surface area contributed by atoms with Crippen LogP contribution in [-0.2, 0) is 11.3 Å². The normalized spacial score (nSPS) is 10.5. The van der Waals surface area contributed by atoms with Gasteiger partial charge in [0.15, 0.2) is 0 Å². The molecule has 2 heterocycles. The first-order valence-electron chi connectivity index (χ1n) is 7.16. The Morgan fingerprint density at radius 1 is 1.21 bits per heavy atom. The van der Waals surface area contributed by atoms with Gasteiger partial charge in [-0.15, -0.1) is 11.3 Å². The molecule has 122 valence electrons. The molecule has 0 unspecified atom stereocenters. The lowest BCUT2D eigenvalue weighted by Crippen LogP contribution is -2.15. The van der Waals surface area contributed by atoms with E-state index >= 15 is 0 Å². The van der Waals surface area contributed by atoms with E-state index in [1.54, 1.807) is 12.1 Å². The molecule has 0 aliphatic rings. The molecule has 0 atom stereocenters. The van der Waals surface area contributed by atoms with E-state index in [1.807, 2.05) is 37.3 Å². The van der Waals surface area contributed by atoms with Crippen molar-refractivity contribution >= 4 is 39.3 Å². The number of carbonyl (C=O) groups excluding carboxylic acids is 1. The van der Waals surface area contributed by atoms with Gasteiger partial charge in [-0.25, -0.2) is 14.6 Å². The van der Waals surface area contributed by atoms with Crippen LogP contribution in [0.5, 0.6) is 0 Å². The number of hydrogen-bond donors (Lipinski definition) is 2. The molecule has 1 aromatic carbocycles. The van der Waals surface area contributed by atoms with E-state index in [9.17, 15) is 14.7 Å². The largest absolute Gasteiger partial charge is 0.477 e. The topological polar surface area (TPSA) is 88.5 Å². The van der Waals surface area contributed by atoms with Crippen LogP contribution in [0.4, 0.5) is 10.5 Å². The van der Waals surface area contributed by atoms with Gasteiger partial charge in [0.25, 0.3) is 0 Å². The predicted octanol–water partition coefficient (Wildman–Crippen LogP) is 4.05. The van der Waals surface area contributed by atoms with Gasteiger partial charge in [-0.3, -0.25) is 5.32 Å². The Labute approximate surface area is 141 Å². The van der Waals surface area contributed by atoms with Crippen molar-refractivity contribution in [2.45, 2.75) is 13.5 Å². The highest BCUT2D eigenvalue weighted by Crippen LogP contribution is 2.35. The number of aromatic carboxylic acids is 1. The van der Waals surface area contributed by atoms with E-state index in [0.29, 0.717) is 10.2 Å². The van der Waals surface area contributed by atoms with Crippen molar-refractivity contribution < 1.29 is 19.4 Å². The number of thiophene rings is 1. The zero-order chi connectivity index (χ0) is 17.1. The number of nitrogens with one attached hydrogen (secondary N) is 1. The highest BCUT2D eigenvalue weighted by atomic mass is 32.1. The quantitative estimate of drug-likeness (QED) is 0.746. The maximum Gasteiger partial charge on any atom is 0.412 e. The van der Waals surface area contributed by atoms with Crippen LogP contribution in [0.15, 0.2) is 42.5 Å². The summed E-state index contributed by atoms with van der Waals surface area (Å²) in [5.74, 6) is -1.12. The fourth-order valence-electron chi connectivity index (χ4n) is 2.21. The van der Waals surface area contributed by atoms with Gasteiger partial charge in [0.05, 0.1) is 5.69 Å². The number of amides is 1. The van der Waals surface area contributed by atoms with E-state index in [1.165, 1.54) is 0 Å². The monoisotopic (exact) mass is 342 g/mol. The molecule has 0 spiro atoms. The number of nitrogens with zero attached hydrogens (tertiary/aromatic N) is 1. The zero-order valence-electron chi connectivity index (χ0n) is 12.8. The maximum atomic E-state index is 12.0. The summed E-state index contributed by atoms with van der Waals surface area (Å²) in [5.41, 5.74) is 1.84. The van der Waals surface area contributed by atoms with Crippen LogP contribution < -0.4 is 5.32 Å². The Bertz CT molecular complexity index is 906. The van der Waals surface area contributed by atoms with Gasteiger partial charge in [0.1, 0.15) is 16.3 Å². The first kappa shape index (κ1) is 15.9. The number of fused-ring (bicyclic) bond motifs is 1. The van der Waals surface area contributed by atoms with Crippen molar-refractivity contribution in [3.63, 3.8) is 0 Å². The third-order valence-electron chi connectivity index (χ3n) is 3.33. The van der Waals surface area contributed by atoms with Crippen molar-refractivity contribution in [1.29, 1.82) is 0 Å². The first-order valence-corrected chi connectivity index (χ1v) is 7.97. The number of carboxylic acids is 1. The maximum absolute atomic E-state index is 12.0. The fourth-order valence-corrected chi connectivity index (χ4v) is 3.22. The molecular weight excluding hydrogens is 328 g/mol. The molecule has 2 aromatic heterocycles. The van der Waals surface area contributed by atoms with Crippen molar-refractivity contribution in [3.8, 4) is 0 Å². The van der Waals surface area contributed by atoms with E-state index in [-0.39, 0.29) is 17.2 Å². The lowest BCUT2D eigenvalue weighted by Gasteiger charge is -2.07. The van der Waals surface area contributed by atoms with Crippen molar-refractivity contribution in [3.05, 3.63) is 58.6 Å². The number of rotatable bonds is 4. The van der Waals surface area contributed by atoms with E-state index in [0.717, 1.165) is 22.6 Å². The van der Waals surface area contributed by atoms with Crippen LogP contribution in [0, 0.1) is 6.92 Å². The molecule has 0 saturated heterocycles. The summed E-state index contributed by atoms with van der Waals surface area (Å²) >= 11 is 1.02. The Balaban J connectivity index is 1.82. The molecule has 0 bridgehead atoms. The number of aromatic nitrogens is 1. The van der Waals surface area contributed by atoms with Crippen molar-refractivity contribution in [2.24, 2.45) is 0 Å². The minimum Gasteiger partial charge on any atom is -0.477 e. The van der Waals surface area contributed by atoms with Gasteiger partial charge in [0, 0.05) is 11.1 Å². The number of pyridine rings is 1. The molecule has 6 nitrogen and oxygen atoms in total. The number of carboxylic acid groups (broad SMARTS) is 1. The van der Waals surface area contributed by atoms with E-state index in [4.69, 9.17) is 4.74 Å². The Kier molecular flexibility index (Phi) is 4.43. The van der Waals surface area contributed by atoms with Crippen molar-refractivity contribution in [2.75, 3.05) is 5.32 Å². The van der Waals surface area contributed by atoms with Gasteiger partial charge < -0.3 is 9.84 Å². The third kappa shape index (κ3) is 3.36. The molecule has 24 heavy (non-hydrogen) atoms. The van der Waals surface area contributed by atoms with Crippen LogP contribution in [-0.4, -0.2) is 22.2 Å². The molecule has 1 amide bonds. The average Bonchev–Trinajstić information content (AvgIpc) is 2.92. The zero-order valence-corrected chi connectivity index (χ0v) is 13.6. The molecule has 0 aliphatic heterocycles. The number of hydrogen-bond acceptors (Lipinski definition) is 5. The number of carbonyl (C=O) groups is 2. The van der Waals surface area contributed by atoms with Gasteiger partial charge in [0.2, 0.25) is 0 Å². The second kappa shape index (κ2) is 6.67. The highest BCUT2D eigenvalue weighted by Gasteiger charge is 2.21. The van der Waals surface area contributed by atoms with Crippen LogP contribution in [0.2, 0.25) is 0 Å². The Hall–Kier alpha value is -2.93. The summed E-state index contributed by atoms with van der Waals surface area (Å²) < 4.78 is 5.15. The second-order valence-electron chi connectivity index (χ2n) is 5.10. The fraction of sp³-hybridized carbons (Fsp3) is 0.118. The molecule has 7 heteroatoms. The number of anilines is 1. The van der Waals surface area contributed by atoms with Gasteiger partial charge in [-0.1, -0.05) is 30.3 Å². The molecule has 0 fully saturated rings. The smallest absolute Gasteiger partial charge is 0.412 e. The lowest BCUT2D eigenvalue weighted by atomic mass is 10.2. The molecule has 0 saturated carbocycles. The molecule has 3 rings (SSSR count). The SMILES string of the molecule is Cc1ccc2c(NC(=O)OCc3ccccc3)c(C(=O)O)sc2n1. The summed E-state index contributed by atoms with van der Waals surface area (Å²) in [6, 6.07) is 12.7. The van der Waals surface area contributed by atoms with E-state index in [2.05, 4.69) is 10.3 Å². The third-order valence-corrected chi connectivity index (χ3v) is 4.42. The minimum atomic E-state index is -1.12. The number of benzene rings is 1. The molecule has 3 aromatic rings. The van der Waals surface area contributed by atoms with Gasteiger partial charge >= 0.3 is 12.1 Å². The minimum absolute atomic E-state index is 0.0276. The van der Waals surface area contributed by atoms with Crippen LogP contribution in [0.25, 0.3) is 10.2 Å². The van der Waals surface area contributed by atoms with Gasteiger partial charge in [-0.2, -0.15) is 0 Å². The number of ether oxygens (including phenoxy) is 1. The van der Waals surface area contributed by atoms with Crippen LogP contribution in [0.1, 0.15) is 20.9 Å². The van der Waals surface area contributed by atoms with Crippen molar-refractivity contribution in [1.82, 2.24) is 4.98 Å². The van der Waals surface area contributed by atoms with E-state index < -0.39 is 12.1 Å². The molecule has 0 radical (unpaired) electrons. The molecular formula is C17H14N2O4S. The summed E-state index contributed by atoms with van der Waals surface area (Å²) in [7, 11) is 0. The van der Waals surface area contributed by atoms with Crippen LogP contribution >= 0.6 is 11.3 Å². The summed E-state index contributed by atoms with van der Waals surface area (Å²) in [6.07, 6.45) is -0.707. The summed E-state index contributed by atoms with van der Waals surface area (Å²) in [4.78, 5) is 28.3. The highest BCUT2D eigenvalue weighted by molar-refractivity contribution is 7.21. The Morgan fingerprint density at radius 3 is 2.67 bits per heavy atom. The standard InChI is InChI=1S/C17H14N2O4S/c1-10-7-8-12-13(14(16(20)21)24-15(12)18-10)19-17(22)23-9-11-5-3-2-4-6-11/h2-8H,9H2,1H3,(H,19,22)(H,20,21). The van der Waals surface area contributed by atoms with Gasteiger partial charge in [-0.05, 0) is 24.6 Å². The van der Waals surface area contributed by atoms with Crippen LogP contribution in [0.3, 0.4) is 0 Å². The number of aryl methyl sites for hydroxylation is 1. The predicted molar refractivity (Wildman–Crippen MR) is 91.6 cm³/mol. The second-order valence-corrected chi connectivity index (χ2v) is 6.10. The first-order chi connectivity index (χ1) is 11.5. The summed E-state index contributed by atoms with van der Waals surface area (Å²) in [6.45, 7) is 1.93. The average molecular weight is 342 g/mol. The summed E-state index contributed by atoms with van der Waals surface area (Å²) in [5, 5.41) is 12.5. The Morgan fingerprint density at radius 2 is 1.96 bits per heavy atom. The molecule has 2 N–H and O–H groups in total. The lowest BCUT2D eigenvalue weighted by molar-refractivity contribution is 0.0703. The molecule has 0 aliphatic carbocycles.